The molecule has 1 heterocycles. The first-order chi connectivity index (χ1) is 17.1. The van der Waals surface area contributed by atoms with Crippen LogP contribution in [0.25, 0.3) is 33.4 Å². The van der Waals surface area contributed by atoms with Crippen molar-refractivity contribution in [1.29, 1.82) is 0 Å². The molecule has 2 aliphatic rings. The zero-order chi connectivity index (χ0) is 24.9. The predicted molar refractivity (Wildman–Crippen MR) is 144 cm³/mol. The Morgan fingerprint density at radius 2 is 1.61 bits per heavy atom. The fourth-order valence-corrected chi connectivity index (χ4v) is 4.82. The fourth-order valence-electron chi connectivity index (χ4n) is 4.82. The number of ether oxygens (including phenoxy) is 1. The van der Waals surface area contributed by atoms with E-state index in [1.54, 1.807) is 0 Å². The second-order valence-electron chi connectivity index (χ2n) is 8.45. The zero-order valence-electron chi connectivity index (χ0n) is 21.8. The van der Waals surface area contributed by atoms with Crippen LogP contribution < -0.4 is 38.8 Å². The van der Waals surface area contributed by atoms with E-state index in [4.69, 9.17) is 9.15 Å². The van der Waals surface area contributed by atoms with E-state index in [-0.39, 0.29) is 29.9 Å². The van der Waals surface area contributed by atoms with Crippen molar-refractivity contribution in [3.63, 3.8) is 0 Å². The van der Waals surface area contributed by atoms with Gasteiger partial charge in [0.2, 0.25) is 5.36 Å². The van der Waals surface area contributed by atoms with Crippen LogP contribution in [-0.4, -0.2) is 38.8 Å². The van der Waals surface area contributed by atoms with Gasteiger partial charge in [-0.15, -0.1) is 0 Å². The Balaban J connectivity index is 0.00000361. The molecule has 0 radical (unpaired) electrons. The van der Waals surface area contributed by atoms with Crippen LogP contribution >= 0.6 is 0 Å². The zero-order valence-corrected chi connectivity index (χ0v) is 24.0. The molecule has 0 amide bonds. The molecule has 0 aromatic heterocycles. The minimum absolute atomic E-state index is 0. The Kier molecular flexibility index (Phi) is 9.54. The van der Waals surface area contributed by atoms with Crippen molar-refractivity contribution in [1.82, 2.24) is 4.58 Å². The molecule has 0 saturated carbocycles. The molecule has 0 bridgehead atoms. The van der Waals surface area contributed by atoms with Crippen LogP contribution in [-0.2, 0) is 4.74 Å². The van der Waals surface area contributed by atoms with Crippen LogP contribution in [0, 0.1) is 0 Å². The van der Waals surface area contributed by atoms with Crippen molar-refractivity contribution in [2.24, 2.45) is 0 Å². The van der Waals surface area contributed by atoms with E-state index in [0.717, 1.165) is 70.6 Å². The van der Waals surface area contributed by atoms with Gasteiger partial charge in [0.05, 0.1) is 18.2 Å². The number of carbonyl (C=O) groups excluding carboxylic acids is 1. The summed E-state index contributed by atoms with van der Waals surface area (Å²) in [5.41, 5.74) is 5.29. The van der Waals surface area contributed by atoms with Gasteiger partial charge in [-0.25, -0.2) is 9.37 Å². The fraction of sp³-hybridized carbons (Fsp3) is 0.333. The van der Waals surface area contributed by atoms with Crippen LogP contribution in [0.5, 0.6) is 0 Å². The van der Waals surface area contributed by atoms with Crippen molar-refractivity contribution in [3.05, 3.63) is 71.6 Å². The lowest BCUT2D eigenvalue weighted by Crippen LogP contribution is -3.00. The number of hydrogen-bond donors (Lipinski definition) is 0. The number of benzene rings is 3. The Hall–Kier alpha value is -2.87. The second-order valence-corrected chi connectivity index (χ2v) is 8.45. The van der Waals surface area contributed by atoms with Gasteiger partial charge in [0.25, 0.3) is 0 Å². The van der Waals surface area contributed by atoms with Crippen molar-refractivity contribution >= 4 is 22.6 Å². The summed E-state index contributed by atoms with van der Waals surface area (Å²) in [6, 6.07) is 20.4. The third-order valence-electron chi connectivity index (χ3n) is 6.64. The van der Waals surface area contributed by atoms with Gasteiger partial charge in [-0.05, 0) is 64.4 Å². The van der Waals surface area contributed by atoms with Crippen molar-refractivity contribution in [3.8, 4) is 22.5 Å². The topological polar surface area (TPSA) is 45.7 Å². The number of fused-ring (bicyclic) bond motifs is 2. The van der Waals surface area contributed by atoms with Crippen molar-refractivity contribution < 1.29 is 37.9 Å². The molecule has 5 nitrogen and oxygen atoms in total. The highest BCUT2D eigenvalue weighted by molar-refractivity contribution is 6.08. The molecular formula is C30H35IN2O3. The summed E-state index contributed by atoms with van der Waals surface area (Å²) in [5.74, 6) is 0.483. The molecule has 0 spiro atoms. The van der Waals surface area contributed by atoms with Crippen LogP contribution in [0.1, 0.15) is 45.0 Å². The summed E-state index contributed by atoms with van der Waals surface area (Å²) >= 11 is 0. The van der Waals surface area contributed by atoms with Gasteiger partial charge in [-0.3, -0.25) is 0 Å². The smallest absolute Gasteiger partial charge is 0.338 e. The van der Waals surface area contributed by atoms with Gasteiger partial charge in [0.1, 0.15) is 24.4 Å². The van der Waals surface area contributed by atoms with Crippen LogP contribution in [0.3, 0.4) is 0 Å². The highest BCUT2D eigenvalue weighted by atomic mass is 127. The first-order valence-electron chi connectivity index (χ1n) is 12.7. The lowest BCUT2D eigenvalue weighted by Gasteiger charge is -2.22. The molecule has 0 saturated heterocycles. The molecule has 2 aromatic carbocycles. The molecule has 190 valence electrons. The second kappa shape index (κ2) is 12.4. The van der Waals surface area contributed by atoms with Crippen LogP contribution in [0.15, 0.2) is 65.1 Å². The van der Waals surface area contributed by atoms with Gasteiger partial charge >= 0.3 is 5.97 Å². The molecule has 6 heteroatoms. The number of esters is 1. The maximum atomic E-state index is 12.9. The maximum absolute atomic E-state index is 12.9. The maximum Gasteiger partial charge on any atom is 0.338 e. The first-order valence-corrected chi connectivity index (χ1v) is 12.7. The summed E-state index contributed by atoms with van der Waals surface area (Å²) in [4.78, 5) is 15.2. The van der Waals surface area contributed by atoms with Gasteiger partial charge in [0.15, 0.2) is 0 Å². The largest absolute Gasteiger partial charge is 1.00 e. The molecule has 0 fully saturated rings. The van der Waals surface area contributed by atoms with E-state index in [1.165, 1.54) is 0 Å². The van der Waals surface area contributed by atoms with Crippen LogP contribution in [0.2, 0.25) is 0 Å². The van der Waals surface area contributed by atoms with Gasteiger partial charge in [0, 0.05) is 47.4 Å². The van der Waals surface area contributed by atoms with E-state index in [0.29, 0.717) is 12.2 Å². The Labute approximate surface area is 230 Å². The molecule has 4 rings (SSSR count). The van der Waals surface area contributed by atoms with E-state index in [2.05, 4.69) is 73.6 Å². The summed E-state index contributed by atoms with van der Waals surface area (Å²) in [7, 11) is 0. The summed E-state index contributed by atoms with van der Waals surface area (Å²) in [6.07, 6.45) is 0. The lowest BCUT2D eigenvalue weighted by molar-refractivity contribution is -0.0000257. The number of rotatable bonds is 8. The van der Waals surface area contributed by atoms with Crippen molar-refractivity contribution in [2.45, 2.75) is 34.6 Å². The minimum Gasteiger partial charge on any atom is -1.00 e. The Bertz CT molecular complexity index is 1380. The van der Waals surface area contributed by atoms with E-state index < -0.39 is 0 Å². The summed E-state index contributed by atoms with van der Waals surface area (Å²) < 4.78 is 14.2. The standard InChI is InChI=1S/C30H35N2O3.HI/c1-6-31(7-2)21-15-17-25-27(19-21)35-28-20-22(32(8-3)9-4)16-18-26(28)29(25)23-13-11-12-14-24(23)30(33)34-10-5;/h11-20H,6-10H2,1-5H3;1H/q+1;/p-1. The molecule has 0 atom stereocenters. The molecule has 36 heavy (non-hydrogen) atoms. The minimum atomic E-state index is -0.315. The third kappa shape index (κ3) is 5.28. The van der Waals surface area contributed by atoms with E-state index in [9.17, 15) is 4.79 Å². The van der Waals surface area contributed by atoms with Crippen LogP contribution in [0.4, 0.5) is 5.69 Å². The average molecular weight is 599 g/mol. The van der Waals surface area contributed by atoms with Gasteiger partial charge in [-0.1, -0.05) is 18.2 Å². The third-order valence-corrected chi connectivity index (χ3v) is 6.64. The Morgan fingerprint density at radius 1 is 0.889 bits per heavy atom. The van der Waals surface area contributed by atoms with E-state index >= 15 is 0 Å². The highest BCUT2D eigenvalue weighted by Gasteiger charge is 2.23. The number of hydrogen-bond acceptors (Lipinski definition) is 4. The van der Waals surface area contributed by atoms with Gasteiger partial charge in [-0.2, -0.15) is 0 Å². The number of halogens is 1. The monoisotopic (exact) mass is 598 g/mol. The number of nitrogens with zero attached hydrogens (tertiary/aromatic N) is 2. The van der Waals surface area contributed by atoms with Crippen molar-refractivity contribution in [2.75, 3.05) is 37.7 Å². The Morgan fingerprint density at radius 3 is 2.28 bits per heavy atom. The molecule has 1 aliphatic heterocycles. The molecule has 1 aliphatic carbocycles. The first kappa shape index (κ1) is 27.7. The molecule has 0 unspecified atom stereocenters. The highest BCUT2D eigenvalue weighted by Crippen LogP contribution is 2.42. The summed E-state index contributed by atoms with van der Waals surface area (Å²) in [6.45, 7) is 14.5. The molecule has 0 N–H and O–H groups in total. The normalized spacial score (nSPS) is 10.8. The lowest BCUT2D eigenvalue weighted by atomic mass is 9.90. The number of carbonyl (C=O) groups is 1. The summed E-state index contributed by atoms with van der Waals surface area (Å²) in [5, 5.41) is 2.09. The van der Waals surface area contributed by atoms with E-state index in [1.807, 2.05) is 31.2 Å². The quantitative estimate of drug-likeness (QED) is 0.136. The van der Waals surface area contributed by atoms with Gasteiger partial charge < -0.3 is 38.0 Å². The predicted octanol–water partition coefficient (Wildman–Crippen LogP) is 3.04. The SMILES string of the molecule is CCOC(=O)c1ccccc1-c1c2ccc(=[N+](CC)CC)cc-2oc2cc(N(CC)CC)ccc12.[I-]. The molecule has 2 aromatic rings. The number of anilines is 1. The average Bonchev–Trinajstić information content (AvgIpc) is 2.88. The molecular weight excluding hydrogens is 563 g/mol.